The molecule has 2 atom stereocenters. The fourth-order valence-electron chi connectivity index (χ4n) is 1.91. The van der Waals surface area contributed by atoms with Gasteiger partial charge in [0.15, 0.2) is 0 Å². The molecule has 0 heterocycles. The van der Waals surface area contributed by atoms with E-state index in [4.69, 9.17) is 0 Å². The summed E-state index contributed by atoms with van der Waals surface area (Å²) in [5.74, 6) is -1.23. The van der Waals surface area contributed by atoms with Crippen LogP contribution < -0.4 is 5.32 Å². The Kier molecular flexibility index (Phi) is 5.40. The van der Waals surface area contributed by atoms with E-state index in [9.17, 15) is 19.0 Å². The fourth-order valence-corrected chi connectivity index (χ4v) is 1.91. The van der Waals surface area contributed by atoms with Crippen molar-refractivity contribution in [2.45, 2.75) is 44.9 Å². The lowest BCUT2D eigenvalue weighted by Gasteiger charge is -2.32. The van der Waals surface area contributed by atoms with Gasteiger partial charge in [-0.1, -0.05) is 6.92 Å². The molecule has 108 valence electrons. The minimum Gasteiger partial charge on any atom is -0.394 e. The second kappa shape index (κ2) is 6.41. The Morgan fingerprint density at radius 1 is 1.32 bits per heavy atom. The number of rotatable bonds is 6. The lowest BCUT2D eigenvalue weighted by molar-refractivity contribution is 0.0871. The number of aliphatic hydroxyl groups excluding tert-OH is 2. The van der Waals surface area contributed by atoms with E-state index in [2.05, 4.69) is 5.32 Å². The summed E-state index contributed by atoms with van der Waals surface area (Å²) >= 11 is 0. The maximum Gasteiger partial charge on any atom is 0.129 e. The Morgan fingerprint density at radius 2 is 1.95 bits per heavy atom. The first-order chi connectivity index (χ1) is 8.80. The lowest BCUT2D eigenvalue weighted by atomic mass is 9.96. The summed E-state index contributed by atoms with van der Waals surface area (Å²) < 4.78 is 26.8. The molecular weight excluding hydrogens is 252 g/mol. The van der Waals surface area contributed by atoms with Crippen molar-refractivity contribution in [3.8, 4) is 0 Å². The number of hydrogen-bond donors (Lipinski definition) is 3. The maximum atomic E-state index is 13.6. The van der Waals surface area contributed by atoms with Gasteiger partial charge in [-0.3, -0.25) is 0 Å². The minimum absolute atomic E-state index is 0.0758. The molecule has 19 heavy (non-hydrogen) atoms. The molecule has 3 nitrogen and oxygen atoms in total. The van der Waals surface area contributed by atoms with Gasteiger partial charge in [-0.05, 0) is 38.5 Å². The van der Waals surface area contributed by atoms with Gasteiger partial charge in [0.05, 0.1) is 12.7 Å². The lowest BCUT2D eigenvalue weighted by Crippen LogP contribution is -2.50. The SMILES string of the molecule is CCC(NC(C)(C)CO)C(O)c1cc(F)ccc1F. The molecule has 1 aromatic carbocycles. The maximum absolute atomic E-state index is 13.6. The standard InChI is InChI=1S/C14H21F2NO2/c1-4-12(17-14(2,3)8-18)13(19)10-7-9(15)5-6-11(10)16/h5-7,12-13,17-19H,4,8H2,1-3H3. The van der Waals surface area contributed by atoms with E-state index in [0.717, 1.165) is 18.2 Å². The molecule has 0 radical (unpaired) electrons. The van der Waals surface area contributed by atoms with Gasteiger partial charge in [0.2, 0.25) is 0 Å². The molecule has 0 bridgehead atoms. The quantitative estimate of drug-likeness (QED) is 0.744. The number of benzene rings is 1. The number of aliphatic hydroxyl groups is 2. The van der Waals surface area contributed by atoms with Gasteiger partial charge in [0.1, 0.15) is 11.6 Å². The highest BCUT2D eigenvalue weighted by Gasteiger charge is 2.28. The van der Waals surface area contributed by atoms with Crippen LogP contribution in [0.2, 0.25) is 0 Å². The molecule has 5 heteroatoms. The van der Waals surface area contributed by atoms with Gasteiger partial charge >= 0.3 is 0 Å². The van der Waals surface area contributed by atoms with E-state index in [-0.39, 0.29) is 12.2 Å². The van der Waals surface area contributed by atoms with Gasteiger partial charge in [-0.2, -0.15) is 0 Å². The second-order valence-electron chi connectivity index (χ2n) is 5.31. The van der Waals surface area contributed by atoms with Crippen LogP contribution in [0.25, 0.3) is 0 Å². The van der Waals surface area contributed by atoms with Crippen LogP contribution in [0.4, 0.5) is 8.78 Å². The van der Waals surface area contributed by atoms with Crippen LogP contribution in [-0.4, -0.2) is 28.4 Å². The first-order valence-electron chi connectivity index (χ1n) is 6.32. The largest absolute Gasteiger partial charge is 0.394 e. The molecule has 0 aliphatic carbocycles. The molecule has 0 saturated heterocycles. The topological polar surface area (TPSA) is 52.5 Å². The Morgan fingerprint density at radius 3 is 2.47 bits per heavy atom. The molecule has 0 aliphatic heterocycles. The zero-order chi connectivity index (χ0) is 14.6. The second-order valence-corrected chi connectivity index (χ2v) is 5.31. The van der Waals surface area contributed by atoms with Crippen molar-refractivity contribution < 1.29 is 19.0 Å². The highest BCUT2D eigenvalue weighted by molar-refractivity contribution is 5.22. The minimum atomic E-state index is -1.17. The third-order valence-electron chi connectivity index (χ3n) is 3.07. The Hall–Kier alpha value is -1.04. The molecule has 1 rings (SSSR count). The van der Waals surface area contributed by atoms with E-state index in [1.807, 2.05) is 6.92 Å². The highest BCUT2D eigenvalue weighted by Crippen LogP contribution is 2.24. The third kappa shape index (κ3) is 4.23. The van der Waals surface area contributed by atoms with Crippen molar-refractivity contribution in [1.82, 2.24) is 5.32 Å². The van der Waals surface area contributed by atoms with E-state index >= 15 is 0 Å². The molecule has 3 N–H and O–H groups in total. The molecule has 1 aromatic rings. The monoisotopic (exact) mass is 273 g/mol. The number of halogens is 2. The van der Waals surface area contributed by atoms with Gasteiger partial charge in [0.25, 0.3) is 0 Å². The average molecular weight is 273 g/mol. The third-order valence-corrected chi connectivity index (χ3v) is 3.07. The zero-order valence-electron chi connectivity index (χ0n) is 11.5. The summed E-state index contributed by atoms with van der Waals surface area (Å²) in [6, 6.07) is 2.53. The zero-order valence-corrected chi connectivity index (χ0v) is 11.5. The summed E-state index contributed by atoms with van der Waals surface area (Å²) in [7, 11) is 0. The van der Waals surface area contributed by atoms with Crippen LogP contribution in [0, 0.1) is 11.6 Å². The molecule has 2 unspecified atom stereocenters. The van der Waals surface area contributed by atoms with E-state index < -0.39 is 29.3 Å². The van der Waals surface area contributed by atoms with Gasteiger partial charge < -0.3 is 15.5 Å². The van der Waals surface area contributed by atoms with Crippen molar-refractivity contribution in [2.75, 3.05) is 6.61 Å². The summed E-state index contributed by atoms with van der Waals surface area (Å²) in [6.45, 7) is 5.24. The average Bonchev–Trinajstić information content (AvgIpc) is 2.38. The Bertz CT molecular complexity index is 424. The normalized spacial score (nSPS) is 15.3. The summed E-state index contributed by atoms with van der Waals surface area (Å²) in [5, 5.41) is 22.5. The van der Waals surface area contributed by atoms with E-state index in [0.29, 0.717) is 6.42 Å². The fraction of sp³-hybridized carbons (Fsp3) is 0.571. The van der Waals surface area contributed by atoms with Crippen LogP contribution in [0.1, 0.15) is 38.9 Å². The van der Waals surface area contributed by atoms with Crippen molar-refractivity contribution >= 4 is 0 Å². The Balaban J connectivity index is 2.95. The molecule has 0 aliphatic rings. The molecule has 0 fully saturated rings. The summed E-state index contributed by atoms with van der Waals surface area (Å²) in [6.07, 6.45) is -0.660. The van der Waals surface area contributed by atoms with E-state index in [1.54, 1.807) is 13.8 Å². The number of hydrogen-bond acceptors (Lipinski definition) is 3. The van der Waals surface area contributed by atoms with Crippen LogP contribution in [0.15, 0.2) is 18.2 Å². The van der Waals surface area contributed by atoms with Gasteiger partial charge in [0, 0.05) is 17.1 Å². The summed E-state index contributed by atoms with van der Waals surface area (Å²) in [5.41, 5.74) is -0.682. The number of nitrogens with one attached hydrogen (secondary N) is 1. The van der Waals surface area contributed by atoms with Crippen molar-refractivity contribution in [2.24, 2.45) is 0 Å². The predicted octanol–water partition coefficient (Wildman–Crippen LogP) is 2.14. The molecular formula is C14H21F2NO2. The predicted molar refractivity (Wildman–Crippen MR) is 69.7 cm³/mol. The molecule has 0 amide bonds. The molecule has 0 aromatic heterocycles. The van der Waals surface area contributed by atoms with Crippen molar-refractivity contribution in [3.63, 3.8) is 0 Å². The van der Waals surface area contributed by atoms with Crippen LogP contribution >= 0.6 is 0 Å². The Labute approximate surface area is 112 Å². The smallest absolute Gasteiger partial charge is 0.129 e. The van der Waals surface area contributed by atoms with Crippen molar-refractivity contribution in [3.05, 3.63) is 35.4 Å². The molecule has 0 spiro atoms. The van der Waals surface area contributed by atoms with Crippen molar-refractivity contribution in [1.29, 1.82) is 0 Å². The van der Waals surface area contributed by atoms with Gasteiger partial charge in [-0.15, -0.1) is 0 Å². The first-order valence-corrected chi connectivity index (χ1v) is 6.32. The first kappa shape index (κ1) is 16.0. The van der Waals surface area contributed by atoms with E-state index in [1.165, 1.54) is 0 Å². The van der Waals surface area contributed by atoms with Crippen LogP contribution in [0.3, 0.4) is 0 Å². The molecule has 0 saturated carbocycles. The summed E-state index contributed by atoms with van der Waals surface area (Å²) in [4.78, 5) is 0. The highest BCUT2D eigenvalue weighted by atomic mass is 19.1. The van der Waals surface area contributed by atoms with Crippen LogP contribution in [-0.2, 0) is 0 Å². The van der Waals surface area contributed by atoms with Gasteiger partial charge in [-0.25, -0.2) is 8.78 Å². The van der Waals surface area contributed by atoms with Crippen LogP contribution in [0.5, 0.6) is 0 Å².